The van der Waals surface area contributed by atoms with E-state index in [9.17, 15) is 9.18 Å². The second-order valence-corrected chi connectivity index (χ2v) is 11.8. The van der Waals surface area contributed by atoms with Crippen molar-refractivity contribution in [1.29, 1.82) is 0 Å². The average Bonchev–Trinajstić information content (AvgIpc) is 3.02. The van der Waals surface area contributed by atoms with E-state index in [2.05, 4.69) is 46.2 Å². The Labute approximate surface area is 254 Å². The molecule has 0 bridgehead atoms. The van der Waals surface area contributed by atoms with Gasteiger partial charge in [0.2, 0.25) is 5.91 Å². The van der Waals surface area contributed by atoms with Crippen LogP contribution in [0, 0.1) is 11.7 Å². The van der Waals surface area contributed by atoms with Gasteiger partial charge in [-0.3, -0.25) is 9.69 Å². The van der Waals surface area contributed by atoms with Crippen LogP contribution in [0.25, 0.3) is 11.1 Å². The van der Waals surface area contributed by atoms with Crippen LogP contribution in [0.3, 0.4) is 0 Å². The highest BCUT2D eigenvalue weighted by Gasteiger charge is 2.33. The van der Waals surface area contributed by atoms with Crippen molar-refractivity contribution in [2.45, 2.75) is 38.8 Å². The molecule has 0 unspecified atom stereocenters. The number of nitrogens with zero attached hydrogens (tertiary/aromatic N) is 3. The smallest absolute Gasteiger partial charge is 0.239 e. The summed E-state index contributed by atoms with van der Waals surface area (Å²) in [4.78, 5) is 19.9. The second-order valence-electron chi connectivity index (χ2n) is 11.4. The predicted octanol–water partition coefficient (Wildman–Crippen LogP) is 5.47. The second kappa shape index (κ2) is 14.5. The summed E-state index contributed by atoms with van der Waals surface area (Å²) < 4.78 is 20.1. The zero-order valence-electron chi connectivity index (χ0n) is 24.5. The fourth-order valence-corrected chi connectivity index (χ4v) is 6.42. The Morgan fingerprint density at radius 3 is 2.43 bits per heavy atom. The van der Waals surface area contributed by atoms with Gasteiger partial charge in [0.25, 0.3) is 0 Å². The van der Waals surface area contributed by atoms with Crippen molar-refractivity contribution in [2.75, 3.05) is 52.4 Å². The number of ether oxygens (including phenoxy) is 1. The van der Waals surface area contributed by atoms with Crippen LogP contribution in [0.2, 0.25) is 5.02 Å². The number of likely N-dealkylation sites (tertiary alicyclic amines) is 1. The Hall–Kier alpha value is -2.97. The van der Waals surface area contributed by atoms with Crippen LogP contribution < -0.4 is 10.5 Å². The summed E-state index contributed by atoms with van der Waals surface area (Å²) in [5, 5.41) is 0.760. The summed E-state index contributed by atoms with van der Waals surface area (Å²) in [6.07, 6.45) is 2.76. The molecule has 8 heteroatoms. The number of benzene rings is 3. The van der Waals surface area contributed by atoms with Gasteiger partial charge in [-0.05, 0) is 86.1 Å². The maximum atomic E-state index is 14.5. The quantitative estimate of drug-likeness (QED) is 0.338. The molecule has 6 nitrogen and oxygen atoms in total. The van der Waals surface area contributed by atoms with Gasteiger partial charge in [0, 0.05) is 49.9 Å². The summed E-state index contributed by atoms with van der Waals surface area (Å²) >= 11 is 6.36. The minimum atomic E-state index is -0.479. The third-order valence-corrected chi connectivity index (χ3v) is 8.95. The summed E-state index contributed by atoms with van der Waals surface area (Å²) in [6.45, 7) is 8.26. The average molecular weight is 593 g/mol. The molecule has 0 aliphatic carbocycles. The van der Waals surface area contributed by atoms with E-state index in [4.69, 9.17) is 22.1 Å². The lowest BCUT2D eigenvalue weighted by Gasteiger charge is -2.39. The largest absolute Gasteiger partial charge is 0.493 e. The zero-order chi connectivity index (χ0) is 29.5. The van der Waals surface area contributed by atoms with Crippen LogP contribution in [-0.4, -0.2) is 79.1 Å². The number of nitrogens with two attached hydrogens (primary N) is 1. The van der Waals surface area contributed by atoms with Crippen molar-refractivity contribution in [1.82, 2.24) is 14.7 Å². The van der Waals surface area contributed by atoms with Crippen molar-refractivity contribution in [3.8, 4) is 16.9 Å². The molecule has 5 rings (SSSR count). The lowest BCUT2D eigenvalue weighted by molar-refractivity contribution is -0.136. The van der Waals surface area contributed by atoms with E-state index in [1.165, 1.54) is 22.8 Å². The molecule has 0 aromatic heterocycles. The van der Waals surface area contributed by atoms with Gasteiger partial charge in [-0.25, -0.2) is 4.39 Å². The van der Waals surface area contributed by atoms with Crippen molar-refractivity contribution < 1.29 is 13.9 Å². The van der Waals surface area contributed by atoms with Crippen LogP contribution >= 0.6 is 11.6 Å². The maximum Gasteiger partial charge on any atom is 0.239 e. The number of hydrogen-bond acceptors (Lipinski definition) is 5. The molecule has 3 aromatic rings. The highest BCUT2D eigenvalue weighted by atomic mass is 35.5. The van der Waals surface area contributed by atoms with Crippen molar-refractivity contribution in [3.63, 3.8) is 0 Å². The first-order valence-corrected chi connectivity index (χ1v) is 15.5. The molecular formula is C34H42ClFN4O2. The van der Waals surface area contributed by atoms with Gasteiger partial charge < -0.3 is 20.3 Å². The molecular weight excluding hydrogens is 551 g/mol. The monoisotopic (exact) mass is 592 g/mol. The molecule has 2 heterocycles. The first-order valence-electron chi connectivity index (χ1n) is 15.2. The van der Waals surface area contributed by atoms with E-state index >= 15 is 0 Å². The summed E-state index contributed by atoms with van der Waals surface area (Å²) in [6, 6.07) is 21.1. The number of rotatable bonds is 10. The van der Waals surface area contributed by atoms with Gasteiger partial charge in [-0.15, -0.1) is 0 Å². The van der Waals surface area contributed by atoms with Crippen LogP contribution in [0.5, 0.6) is 5.75 Å². The number of piperidine rings is 1. The molecule has 1 atom stereocenters. The molecule has 2 saturated heterocycles. The van der Waals surface area contributed by atoms with Crippen molar-refractivity contribution in [3.05, 3.63) is 88.7 Å². The van der Waals surface area contributed by atoms with Crippen LogP contribution in [0.1, 0.15) is 30.9 Å². The minimum Gasteiger partial charge on any atom is -0.493 e. The van der Waals surface area contributed by atoms with E-state index < -0.39 is 6.04 Å². The van der Waals surface area contributed by atoms with E-state index in [1.807, 2.05) is 30.0 Å². The van der Waals surface area contributed by atoms with Gasteiger partial charge in [-0.1, -0.05) is 54.1 Å². The van der Waals surface area contributed by atoms with Crippen LogP contribution in [0.15, 0.2) is 66.7 Å². The fourth-order valence-electron chi connectivity index (χ4n) is 6.23. The Bertz CT molecular complexity index is 1320. The molecule has 0 radical (unpaired) electrons. The number of hydrogen-bond donors (Lipinski definition) is 1. The summed E-state index contributed by atoms with van der Waals surface area (Å²) in [5.74, 6) is 0.566. The Balaban J connectivity index is 1.08. The highest BCUT2D eigenvalue weighted by molar-refractivity contribution is 6.30. The lowest BCUT2D eigenvalue weighted by Crippen LogP contribution is -2.55. The van der Waals surface area contributed by atoms with E-state index in [-0.39, 0.29) is 17.6 Å². The predicted molar refractivity (Wildman–Crippen MR) is 167 cm³/mol. The number of carbonyl (C=O) groups is 1. The van der Waals surface area contributed by atoms with E-state index in [1.54, 1.807) is 6.07 Å². The van der Waals surface area contributed by atoms with Crippen molar-refractivity contribution >= 4 is 17.5 Å². The summed E-state index contributed by atoms with van der Waals surface area (Å²) in [5.41, 5.74) is 10.8. The molecule has 2 aliphatic rings. The maximum absolute atomic E-state index is 14.5. The number of piperazine rings is 1. The molecule has 2 aliphatic heterocycles. The normalized spacial score (nSPS) is 17.8. The third kappa shape index (κ3) is 7.51. The van der Waals surface area contributed by atoms with E-state index in [0.29, 0.717) is 50.6 Å². The first-order chi connectivity index (χ1) is 20.4. The molecule has 224 valence electrons. The minimum absolute atomic E-state index is 0.0421. The Morgan fingerprint density at radius 1 is 0.976 bits per heavy atom. The van der Waals surface area contributed by atoms with Gasteiger partial charge in [0.05, 0.1) is 12.6 Å². The third-order valence-electron chi connectivity index (χ3n) is 8.72. The van der Waals surface area contributed by atoms with Gasteiger partial charge in [-0.2, -0.15) is 0 Å². The van der Waals surface area contributed by atoms with E-state index in [0.717, 1.165) is 43.9 Å². The van der Waals surface area contributed by atoms with Crippen molar-refractivity contribution in [2.24, 2.45) is 11.7 Å². The molecule has 3 aromatic carbocycles. The molecule has 0 saturated carbocycles. The van der Waals surface area contributed by atoms with Gasteiger partial charge >= 0.3 is 0 Å². The first kappa shape index (κ1) is 30.5. The molecule has 1 amide bonds. The van der Waals surface area contributed by atoms with Crippen LogP contribution in [0.4, 0.5) is 4.39 Å². The summed E-state index contributed by atoms with van der Waals surface area (Å²) in [7, 11) is 0. The molecule has 2 N–H and O–H groups in total. The number of halogens is 2. The fraction of sp³-hybridized carbons (Fsp3) is 0.441. The molecule has 0 spiro atoms. The molecule has 2 fully saturated rings. The number of carbonyl (C=O) groups excluding carboxylic acids is 1. The lowest BCUT2D eigenvalue weighted by atomic mass is 9.88. The standard InChI is InChI=1S/C34H42ClFN4O2/c1-2-42-32-10-6-9-31(36)30(32)24-39-19-21-40(22-20-39)34(41)33(37)26-13-16-38(17-14-26)18-15-27-23-28(35)11-12-29(27)25-7-4-3-5-8-25/h3-12,23,26,33H,2,13-22,24,37H2,1H3/t33-/m1/s1. The Kier molecular flexibility index (Phi) is 10.5. The van der Waals surface area contributed by atoms with Gasteiger partial charge in [0.15, 0.2) is 0 Å². The van der Waals surface area contributed by atoms with Gasteiger partial charge in [0.1, 0.15) is 11.6 Å². The van der Waals surface area contributed by atoms with Crippen LogP contribution in [-0.2, 0) is 17.8 Å². The zero-order valence-corrected chi connectivity index (χ0v) is 25.2. The number of amides is 1. The Morgan fingerprint density at radius 2 is 1.71 bits per heavy atom. The highest BCUT2D eigenvalue weighted by Crippen LogP contribution is 2.28. The SMILES string of the molecule is CCOc1cccc(F)c1CN1CCN(C(=O)[C@H](N)C2CCN(CCc3cc(Cl)ccc3-c3ccccc3)CC2)CC1. The topological polar surface area (TPSA) is 62.0 Å². The molecule has 42 heavy (non-hydrogen) atoms.